The van der Waals surface area contributed by atoms with Gasteiger partial charge in [0.15, 0.2) is 11.6 Å². The predicted molar refractivity (Wildman–Crippen MR) is 52.2 cm³/mol. The Morgan fingerprint density at radius 1 is 1.13 bits per heavy atom. The monoisotopic (exact) mass is 208 g/mol. The van der Waals surface area contributed by atoms with Crippen LogP contribution in [-0.2, 0) is 14.3 Å². The van der Waals surface area contributed by atoms with Crippen LogP contribution in [0.2, 0.25) is 0 Å². The Balaban J connectivity index is 2.54. The normalized spacial score (nSPS) is 35.8. The van der Waals surface area contributed by atoms with E-state index in [1.807, 2.05) is 0 Å². The Morgan fingerprint density at radius 3 is 2.27 bits per heavy atom. The fourth-order valence-electron chi connectivity index (χ4n) is 2.02. The molecule has 2 rings (SSSR count). The Morgan fingerprint density at radius 2 is 1.67 bits per heavy atom. The first kappa shape index (κ1) is 10.3. The summed E-state index contributed by atoms with van der Waals surface area (Å²) in [4.78, 5) is 23.1. The van der Waals surface area contributed by atoms with Gasteiger partial charge in [-0.05, 0) is 26.0 Å². The van der Waals surface area contributed by atoms with Crippen LogP contribution in [0.3, 0.4) is 0 Å². The largest absolute Gasteiger partial charge is 0.386 e. The van der Waals surface area contributed by atoms with Crippen molar-refractivity contribution >= 4 is 11.6 Å². The molecule has 0 aromatic carbocycles. The standard InChI is InChI=1S/C11H12O4/c1-5-9-7(12)3-4-8(13)10(9)11(14)6(2)15-5/h3-6,11,14H,1-2H3/t5-,6-,11-/m0/s1. The first-order valence-corrected chi connectivity index (χ1v) is 4.86. The summed E-state index contributed by atoms with van der Waals surface area (Å²) in [6.45, 7) is 3.39. The minimum Gasteiger partial charge on any atom is -0.386 e. The van der Waals surface area contributed by atoms with Crippen LogP contribution < -0.4 is 0 Å². The van der Waals surface area contributed by atoms with Gasteiger partial charge in [-0.25, -0.2) is 0 Å². The zero-order valence-electron chi connectivity index (χ0n) is 8.56. The second kappa shape index (κ2) is 3.40. The maximum atomic E-state index is 11.6. The third kappa shape index (κ3) is 1.46. The molecule has 0 saturated carbocycles. The van der Waals surface area contributed by atoms with Gasteiger partial charge in [-0.15, -0.1) is 0 Å². The molecule has 4 heteroatoms. The van der Waals surface area contributed by atoms with Gasteiger partial charge in [0.1, 0.15) is 6.10 Å². The highest BCUT2D eigenvalue weighted by Gasteiger charge is 2.39. The SMILES string of the molecule is C[C@@H]1O[C@@H](C)[C@H](O)C2=C1C(=O)C=CC2=O. The van der Waals surface area contributed by atoms with Gasteiger partial charge in [-0.1, -0.05) is 0 Å². The van der Waals surface area contributed by atoms with E-state index in [0.29, 0.717) is 5.57 Å². The van der Waals surface area contributed by atoms with Crippen molar-refractivity contribution in [3.05, 3.63) is 23.3 Å². The molecule has 0 radical (unpaired) electrons. The molecule has 0 fully saturated rings. The highest BCUT2D eigenvalue weighted by molar-refractivity contribution is 6.21. The molecule has 1 aliphatic carbocycles. The second-order valence-electron chi connectivity index (χ2n) is 3.82. The van der Waals surface area contributed by atoms with E-state index in [0.717, 1.165) is 0 Å². The van der Waals surface area contributed by atoms with Gasteiger partial charge < -0.3 is 9.84 Å². The number of aliphatic hydroxyl groups is 1. The molecule has 1 aliphatic heterocycles. The van der Waals surface area contributed by atoms with Crippen LogP contribution in [0, 0.1) is 0 Å². The number of carbonyl (C=O) groups is 2. The minimum atomic E-state index is -1.00. The molecular formula is C11H12O4. The summed E-state index contributed by atoms with van der Waals surface area (Å²) in [5.41, 5.74) is 0.502. The van der Waals surface area contributed by atoms with Crippen molar-refractivity contribution in [3.8, 4) is 0 Å². The summed E-state index contributed by atoms with van der Waals surface area (Å²) < 4.78 is 5.37. The lowest BCUT2D eigenvalue weighted by Crippen LogP contribution is -2.43. The van der Waals surface area contributed by atoms with E-state index in [1.54, 1.807) is 13.8 Å². The number of ketones is 2. The number of allylic oxidation sites excluding steroid dienone is 2. The summed E-state index contributed by atoms with van der Waals surface area (Å²) in [6, 6.07) is 0. The summed E-state index contributed by atoms with van der Waals surface area (Å²) in [6.07, 6.45) is 0.540. The molecule has 0 spiro atoms. The molecule has 0 unspecified atom stereocenters. The highest BCUT2D eigenvalue weighted by Crippen LogP contribution is 2.30. The molecule has 0 amide bonds. The van der Waals surface area contributed by atoms with E-state index < -0.39 is 18.3 Å². The van der Waals surface area contributed by atoms with Gasteiger partial charge in [-0.2, -0.15) is 0 Å². The van der Waals surface area contributed by atoms with E-state index in [9.17, 15) is 14.7 Å². The molecule has 0 aromatic heterocycles. The van der Waals surface area contributed by atoms with Crippen LogP contribution >= 0.6 is 0 Å². The maximum Gasteiger partial charge on any atom is 0.185 e. The first-order chi connectivity index (χ1) is 7.02. The van der Waals surface area contributed by atoms with Crippen LogP contribution in [0.1, 0.15) is 13.8 Å². The minimum absolute atomic E-state index is 0.203. The molecule has 1 N–H and O–H groups in total. The number of hydrogen-bond donors (Lipinski definition) is 1. The van der Waals surface area contributed by atoms with Crippen LogP contribution in [0.4, 0.5) is 0 Å². The van der Waals surface area contributed by atoms with E-state index >= 15 is 0 Å². The average Bonchev–Trinajstić information content (AvgIpc) is 2.18. The smallest absolute Gasteiger partial charge is 0.185 e. The van der Waals surface area contributed by atoms with Gasteiger partial charge in [0, 0.05) is 11.1 Å². The Hall–Kier alpha value is -1.26. The second-order valence-corrected chi connectivity index (χ2v) is 3.82. The zero-order chi connectivity index (χ0) is 11.2. The van der Waals surface area contributed by atoms with Crippen molar-refractivity contribution in [1.82, 2.24) is 0 Å². The zero-order valence-corrected chi connectivity index (χ0v) is 8.56. The molecule has 0 bridgehead atoms. The number of aliphatic hydroxyl groups excluding tert-OH is 1. The lowest BCUT2D eigenvalue weighted by atomic mass is 9.84. The third-order valence-corrected chi connectivity index (χ3v) is 2.77. The quantitative estimate of drug-likeness (QED) is 0.576. The van der Waals surface area contributed by atoms with Crippen molar-refractivity contribution in [3.63, 3.8) is 0 Å². The van der Waals surface area contributed by atoms with Crippen LogP contribution in [0.25, 0.3) is 0 Å². The number of rotatable bonds is 0. The van der Waals surface area contributed by atoms with Gasteiger partial charge in [-0.3, -0.25) is 9.59 Å². The lowest BCUT2D eigenvalue weighted by molar-refractivity contribution is -0.122. The van der Waals surface area contributed by atoms with E-state index in [4.69, 9.17) is 4.74 Å². The van der Waals surface area contributed by atoms with Crippen molar-refractivity contribution < 1.29 is 19.4 Å². The topological polar surface area (TPSA) is 63.6 Å². The summed E-state index contributed by atoms with van der Waals surface area (Å²) in [5.74, 6) is -0.540. The fourth-order valence-corrected chi connectivity index (χ4v) is 2.02. The summed E-state index contributed by atoms with van der Waals surface area (Å²) in [7, 11) is 0. The Labute approximate surface area is 87.2 Å². The fraction of sp³-hybridized carbons (Fsp3) is 0.455. The van der Waals surface area contributed by atoms with Gasteiger partial charge >= 0.3 is 0 Å². The summed E-state index contributed by atoms with van der Waals surface area (Å²) >= 11 is 0. The molecule has 3 atom stereocenters. The number of ether oxygens (including phenoxy) is 1. The van der Waals surface area contributed by atoms with Gasteiger partial charge in [0.2, 0.25) is 0 Å². The van der Waals surface area contributed by atoms with Gasteiger partial charge in [0.05, 0.1) is 12.2 Å². The van der Waals surface area contributed by atoms with Crippen molar-refractivity contribution in [2.24, 2.45) is 0 Å². The van der Waals surface area contributed by atoms with E-state index in [1.165, 1.54) is 12.2 Å². The highest BCUT2D eigenvalue weighted by atomic mass is 16.5. The van der Waals surface area contributed by atoms with Crippen LogP contribution in [0.5, 0.6) is 0 Å². The number of hydrogen-bond acceptors (Lipinski definition) is 4. The van der Waals surface area contributed by atoms with Crippen LogP contribution in [-0.4, -0.2) is 35.0 Å². The molecule has 4 nitrogen and oxygen atoms in total. The van der Waals surface area contributed by atoms with Crippen molar-refractivity contribution in [2.75, 3.05) is 0 Å². The van der Waals surface area contributed by atoms with Crippen molar-refractivity contribution in [2.45, 2.75) is 32.2 Å². The predicted octanol–water partition coefficient (Wildman–Crippen LogP) is 0.159. The average molecular weight is 208 g/mol. The van der Waals surface area contributed by atoms with E-state index in [2.05, 4.69) is 0 Å². The molecule has 80 valence electrons. The van der Waals surface area contributed by atoms with Crippen LogP contribution in [0.15, 0.2) is 23.3 Å². The molecule has 15 heavy (non-hydrogen) atoms. The molecule has 0 aromatic rings. The molecular weight excluding hydrogens is 196 g/mol. The first-order valence-electron chi connectivity index (χ1n) is 4.86. The number of carbonyl (C=O) groups excluding carboxylic acids is 2. The maximum absolute atomic E-state index is 11.6. The van der Waals surface area contributed by atoms with Crippen molar-refractivity contribution in [1.29, 1.82) is 0 Å². The third-order valence-electron chi connectivity index (χ3n) is 2.77. The molecule has 1 heterocycles. The molecule has 0 saturated heterocycles. The Bertz CT molecular complexity index is 391. The lowest BCUT2D eigenvalue weighted by Gasteiger charge is -2.34. The van der Waals surface area contributed by atoms with E-state index in [-0.39, 0.29) is 17.1 Å². The summed E-state index contributed by atoms with van der Waals surface area (Å²) in [5, 5.41) is 9.79. The Kier molecular flexibility index (Phi) is 2.32. The van der Waals surface area contributed by atoms with Gasteiger partial charge in [0.25, 0.3) is 0 Å². The molecule has 2 aliphatic rings.